The highest BCUT2D eigenvalue weighted by Crippen LogP contribution is 2.27. The predicted octanol–water partition coefficient (Wildman–Crippen LogP) is 3.68. The summed E-state index contributed by atoms with van der Waals surface area (Å²) >= 11 is 17.4. The van der Waals surface area contributed by atoms with Gasteiger partial charge in [0.05, 0.1) is 10.0 Å². The van der Waals surface area contributed by atoms with Crippen molar-refractivity contribution in [1.29, 1.82) is 0 Å². The number of halogens is 3. The molecule has 0 aromatic heterocycles. The number of hydrogen-bond acceptors (Lipinski definition) is 1. The molecule has 3 nitrogen and oxygen atoms in total. The Morgan fingerprint density at radius 2 is 1.88 bits per heavy atom. The Morgan fingerprint density at radius 1 is 1.25 bits per heavy atom. The quantitative estimate of drug-likeness (QED) is 0.599. The number of carbonyl (C=O) groups is 1. The lowest BCUT2D eigenvalue weighted by Gasteiger charge is -2.24. The summed E-state index contributed by atoms with van der Waals surface area (Å²) in [7, 11) is 3.30. The first-order chi connectivity index (χ1) is 7.47. The van der Waals surface area contributed by atoms with Gasteiger partial charge in [-0.25, -0.2) is 4.79 Å². The highest BCUT2D eigenvalue weighted by molar-refractivity contribution is 6.42. The molecule has 88 valence electrons. The highest BCUT2D eigenvalue weighted by atomic mass is 35.5. The second-order valence-electron chi connectivity index (χ2n) is 3.32. The number of anilines is 1. The van der Waals surface area contributed by atoms with Crippen LogP contribution in [0.4, 0.5) is 10.5 Å². The van der Waals surface area contributed by atoms with Crippen molar-refractivity contribution in [2.24, 2.45) is 0 Å². The Balaban J connectivity index is 3.04. The van der Waals surface area contributed by atoms with E-state index in [-0.39, 0.29) is 12.0 Å². The number of nitrogens with zero attached hydrogens (tertiary/aromatic N) is 2. The molecular formula is C10H11Cl3N2O. The molecule has 0 spiro atoms. The number of benzene rings is 1. The number of hydrogen-bond donors (Lipinski definition) is 0. The molecule has 6 heteroatoms. The van der Waals surface area contributed by atoms with E-state index in [1.165, 1.54) is 9.80 Å². The molecule has 1 aromatic carbocycles. The van der Waals surface area contributed by atoms with Crippen molar-refractivity contribution in [2.75, 3.05) is 25.0 Å². The number of alkyl halides is 1. The van der Waals surface area contributed by atoms with E-state index in [0.29, 0.717) is 15.7 Å². The number of urea groups is 1. The van der Waals surface area contributed by atoms with Crippen LogP contribution >= 0.6 is 34.8 Å². The van der Waals surface area contributed by atoms with Crippen molar-refractivity contribution < 1.29 is 4.79 Å². The molecule has 0 aliphatic rings. The minimum Gasteiger partial charge on any atom is -0.330 e. The fourth-order valence-electron chi connectivity index (χ4n) is 1.12. The van der Waals surface area contributed by atoms with Crippen LogP contribution in [-0.2, 0) is 0 Å². The summed E-state index contributed by atoms with van der Waals surface area (Å²) in [6.45, 7) is 0. The summed E-state index contributed by atoms with van der Waals surface area (Å²) in [5.41, 5.74) is 0.614. The Kier molecular flexibility index (Phi) is 4.71. The second kappa shape index (κ2) is 5.62. The van der Waals surface area contributed by atoms with Crippen LogP contribution in [0, 0.1) is 0 Å². The van der Waals surface area contributed by atoms with Gasteiger partial charge in [-0.1, -0.05) is 23.2 Å². The van der Waals surface area contributed by atoms with E-state index in [0.717, 1.165) is 0 Å². The van der Waals surface area contributed by atoms with Gasteiger partial charge in [0.1, 0.15) is 6.00 Å². The van der Waals surface area contributed by atoms with Gasteiger partial charge in [-0.2, -0.15) is 0 Å². The monoisotopic (exact) mass is 280 g/mol. The van der Waals surface area contributed by atoms with Crippen LogP contribution in [0.5, 0.6) is 0 Å². The molecule has 0 bridgehead atoms. The van der Waals surface area contributed by atoms with E-state index in [4.69, 9.17) is 34.8 Å². The molecular weight excluding hydrogens is 270 g/mol. The summed E-state index contributed by atoms with van der Waals surface area (Å²) in [5.74, 6) is 0. The molecule has 0 fully saturated rings. The first-order valence-electron chi connectivity index (χ1n) is 4.47. The van der Waals surface area contributed by atoms with E-state index in [1.807, 2.05) is 0 Å². The Labute approximate surface area is 109 Å². The average molecular weight is 282 g/mol. The largest absolute Gasteiger partial charge is 0.330 e. The summed E-state index contributed by atoms with van der Waals surface area (Å²) in [6.07, 6.45) is 0. The van der Waals surface area contributed by atoms with Crippen molar-refractivity contribution in [3.05, 3.63) is 28.2 Å². The number of amides is 2. The van der Waals surface area contributed by atoms with Gasteiger partial charge in [0.25, 0.3) is 0 Å². The highest BCUT2D eigenvalue weighted by Gasteiger charge is 2.17. The molecule has 1 aromatic rings. The van der Waals surface area contributed by atoms with Crippen molar-refractivity contribution in [2.45, 2.75) is 0 Å². The molecule has 0 atom stereocenters. The van der Waals surface area contributed by atoms with Crippen LogP contribution in [0.3, 0.4) is 0 Å². The second-order valence-corrected chi connectivity index (χ2v) is 4.38. The molecule has 0 heterocycles. The van der Waals surface area contributed by atoms with Crippen LogP contribution < -0.4 is 4.90 Å². The lowest BCUT2D eigenvalue weighted by Crippen LogP contribution is -2.38. The minimum absolute atomic E-state index is 0.0506. The molecule has 0 unspecified atom stereocenters. The van der Waals surface area contributed by atoms with E-state index in [2.05, 4.69) is 0 Å². The van der Waals surface area contributed by atoms with Crippen molar-refractivity contribution in [3.8, 4) is 0 Å². The third-order valence-corrected chi connectivity index (χ3v) is 2.93. The van der Waals surface area contributed by atoms with Crippen LogP contribution in [0.2, 0.25) is 10.0 Å². The molecule has 2 amide bonds. The Bertz CT molecular complexity index is 396. The third-order valence-electron chi connectivity index (χ3n) is 1.95. The van der Waals surface area contributed by atoms with Gasteiger partial charge in [-0.3, -0.25) is 4.90 Å². The van der Waals surface area contributed by atoms with Crippen molar-refractivity contribution >= 4 is 46.5 Å². The lowest BCUT2D eigenvalue weighted by atomic mass is 10.3. The maximum Gasteiger partial charge on any atom is 0.325 e. The Morgan fingerprint density at radius 3 is 2.31 bits per heavy atom. The fraction of sp³-hybridized carbons (Fsp3) is 0.300. The lowest BCUT2D eigenvalue weighted by molar-refractivity contribution is 0.225. The fourth-order valence-corrected chi connectivity index (χ4v) is 1.66. The molecule has 0 radical (unpaired) electrons. The van der Waals surface area contributed by atoms with E-state index in [1.54, 1.807) is 32.3 Å². The molecule has 0 aliphatic heterocycles. The first-order valence-corrected chi connectivity index (χ1v) is 5.76. The van der Waals surface area contributed by atoms with Gasteiger partial charge in [-0.05, 0) is 18.2 Å². The first kappa shape index (κ1) is 13.4. The van der Waals surface area contributed by atoms with Gasteiger partial charge in [0.2, 0.25) is 0 Å². The smallest absolute Gasteiger partial charge is 0.325 e. The van der Waals surface area contributed by atoms with Crippen LogP contribution in [0.15, 0.2) is 18.2 Å². The van der Waals surface area contributed by atoms with Gasteiger partial charge in [0, 0.05) is 19.8 Å². The molecule has 0 saturated carbocycles. The number of rotatable bonds is 2. The van der Waals surface area contributed by atoms with Crippen molar-refractivity contribution in [1.82, 2.24) is 4.90 Å². The maximum absolute atomic E-state index is 11.8. The van der Waals surface area contributed by atoms with E-state index >= 15 is 0 Å². The van der Waals surface area contributed by atoms with Crippen molar-refractivity contribution in [3.63, 3.8) is 0 Å². The van der Waals surface area contributed by atoms with Gasteiger partial charge < -0.3 is 4.90 Å². The molecule has 16 heavy (non-hydrogen) atoms. The zero-order valence-electron chi connectivity index (χ0n) is 8.88. The summed E-state index contributed by atoms with van der Waals surface area (Å²) in [4.78, 5) is 14.6. The normalized spacial score (nSPS) is 10.1. The van der Waals surface area contributed by atoms with Crippen LogP contribution in [0.25, 0.3) is 0 Å². The van der Waals surface area contributed by atoms with Gasteiger partial charge in [-0.15, -0.1) is 11.6 Å². The maximum atomic E-state index is 11.8. The van der Waals surface area contributed by atoms with E-state index < -0.39 is 0 Å². The Hall–Kier alpha value is -0.640. The third kappa shape index (κ3) is 2.94. The van der Waals surface area contributed by atoms with Gasteiger partial charge >= 0.3 is 6.03 Å². The zero-order chi connectivity index (χ0) is 12.3. The molecule has 0 saturated heterocycles. The van der Waals surface area contributed by atoms with Gasteiger partial charge in [0.15, 0.2) is 0 Å². The minimum atomic E-state index is -0.214. The zero-order valence-corrected chi connectivity index (χ0v) is 11.1. The molecule has 0 N–H and O–H groups in total. The van der Waals surface area contributed by atoms with E-state index in [9.17, 15) is 4.79 Å². The summed E-state index contributed by atoms with van der Waals surface area (Å²) in [5, 5.41) is 0.832. The average Bonchev–Trinajstić information content (AvgIpc) is 2.24. The number of carbonyl (C=O) groups excluding carboxylic acids is 1. The standard InChI is InChI=1S/C10H11Cl3N2O/c1-14(2)10(16)15(6-11)7-3-4-8(12)9(13)5-7/h3-5H,6H2,1-2H3. The molecule has 0 aliphatic carbocycles. The van der Waals surface area contributed by atoms with Crippen LogP contribution in [0.1, 0.15) is 0 Å². The van der Waals surface area contributed by atoms with Crippen LogP contribution in [-0.4, -0.2) is 31.0 Å². The predicted molar refractivity (Wildman–Crippen MR) is 68.7 cm³/mol. The topological polar surface area (TPSA) is 23.6 Å². The summed E-state index contributed by atoms with van der Waals surface area (Å²) < 4.78 is 0. The summed E-state index contributed by atoms with van der Waals surface area (Å²) in [6, 6.07) is 4.76. The molecule has 1 rings (SSSR count). The SMILES string of the molecule is CN(C)C(=O)N(CCl)c1ccc(Cl)c(Cl)c1.